The third kappa shape index (κ3) is 8.05. The van der Waals surface area contributed by atoms with Crippen LogP contribution in [0.1, 0.15) is 57.9 Å². The molecule has 0 fully saturated rings. The van der Waals surface area contributed by atoms with Crippen molar-refractivity contribution in [2.75, 3.05) is 17.2 Å². The van der Waals surface area contributed by atoms with Crippen molar-refractivity contribution in [1.29, 1.82) is 5.26 Å². The number of halogens is 1. The van der Waals surface area contributed by atoms with Gasteiger partial charge in [0.1, 0.15) is 21.9 Å². The highest BCUT2D eigenvalue weighted by Gasteiger charge is 2.31. The summed E-state index contributed by atoms with van der Waals surface area (Å²) in [7, 11) is 0. The minimum Gasteiger partial charge on any atom is -0.444 e. The summed E-state index contributed by atoms with van der Waals surface area (Å²) < 4.78 is 5.54. The van der Waals surface area contributed by atoms with Crippen LogP contribution in [-0.4, -0.2) is 35.0 Å². The Balaban J connectivity index is 1.35. The van der Waals surface area contributed by atoms with Crippen LogP contribution in [0.2, 0.25) is 5.02 Å². The molecule has 0 spiro atoms. The number of amides is 3. The molecule has 230 valence electrons. The average molecular weight is 659 g/mol. The molecule has 2 N–H and O–H groups in total. The summed E-state index contributed by atoms with van der Waals surface area (Å²) in [4.78, 5) is 42.6. The summed E-state index contributed by atoms with van der Waals surface area (Å²) in [6.45, 7) is 6.20. The Morgan fingerprint density at radius 2 is 1.78 bits per heavy atom. The molecule has 0 saturated carbocycles. The van der Waals surface area contributed by atoms with E-state index in [-0.39, 0.29) is 11.8 Å². The van der Waals surface area contributed by atoms with Crippen LogP contribution in [0.15, 0.2) is 83.8 Å². The molecule has 1 aliphatic heterocycles. The second kappa shape index (κ2) is 13.8. The highest BCUT2D eigenvalue weighted by molar-refractivity contribution is 8.00. The van der Waals surface area contributed by atoms with Crippen molar-refractivity contribution < 1.29 is 19.1 Å². The Kier molecular flexibility index (Phi) is 9.83. The molecule has 1 atom stereocenters. The van der Waals surface area contributed by atoms with Crippen LogP contribution in [0.25, 0.3) is 0 Å². The largest absolute Gasteiger partial charge is 0.444 e. The maximum atomic E-state index is 13.9. The number of nitriles is 1. The van der Waals surface area contributed by atoms with Gasteiger partial charge >= 0.3 is 6.09 Å². The van der Waals surface area contributed by atoms with E-state index in [0.717, 1.165) is 20.9 Å². The number of nitrogens with zero attached hydrogens (tertiary/aromatic N) is 2. The summed E-state index contributed by atoms with van der Waals surface area (Å²) in [6, 6.07) is 25.6. The molecule has 0 aliphatic carbocycles. The van der Waals surface area contributed by atoms with Crippen LogP contribution in [0.4, 0.5) is 15.5 Å². The summed E-state index contributed by atoms with van der Waals surface area (Å²) in [5.74, 6) is -0.591. The number of carbonyl (C=O) groups excluding carboxylic acids is 3. The van der Waals surface area contributed by atoms with Crippen molar-refractivity contribution in [2.24, 2.45) is 0 Å². The average Bonchev–Trinajstić information content (AvgIpc) is 3.35. The molecule has 2 heterocycles. The SMILES string of the molecule is CC(C)(C)OC(=O)N1CCc2c(sc(NC(=O)C(Sc3cccc(NC(=O)c4cccc(Cl)c4)c3)c3ccccc3)c2C#N)C1. The van der Waals surface area contributed by atoms with Gasteiger partial charge in [0, 0.05) is 32.6 Å². The Morgan fingerprint density at radius 3 is 2.49 bits per heavy atom. The fourth-order valence-electron chi connectivity index (χ4n) is 4.79. The summed E-state index contributed by atoms with van der Waals surface area (Å²) in [6.07, 6.45) is 0.0891. The number of thiophene rings is 1. The Morgan fingerprint density at radius 1 is 1.02 bits per heavy atom. The maximum Gasteiger partial charge on any atom is 0.410 e. The van der Waals surface area contributed by atoms with E-state index in [1.54, 1.807) is 35.2 Å². The normalized spacial score (nSPS) is 13.3. The molecule has 5 rings (SSSR count). The Hall–Kier alpha value is -4.30. The van der Waals surface area contributed by atoms with Gasteiger partial charge in [0.15, 0.2) is 0 Å². The number of ether oxygens (including phenoxy) is 1. The van der Waals surface area contributed by atoms with Crippen LogP contribution in [0.5, 0.6) is 0 Å². The zero-order chi connectivity index (χ0) is 32.1. The third-order valence-corrected chi connectivity index (χ3v) is 9.45. The van der Waals surface area contributed by atoms with Gasteiger partial charge in [0.2, 0.25) is 5.91 Å². The highest BCUT2D eigenvalue weighted by Crippen LogP contribution is 2.41. The number of nitrogens with one attached hydrogen (secondary N) is 2. The number of thioether (sulfide) groups is 1. The molecule has 0 bridgehead atoms. The van der Waals surface area contributed by atoms with Crippen LogP contribution in [0, 0.1) is 11.3 Å². The molecule has 1 aromatic heterocycles. The van der Waals surface area contributed by atoms with Crippen molar-refractivity contribution in [3.63, 3.8) is 0 Å². The standard InChI is InChI=1S/C34H31ClN4O4S2/c1-34(2,3)43-33(42)39-16-15-26-27(19-36)32(45-28(26)20-39)38-31(41)29(21-9-5-4-6-10-21)44-25-14-8-13-24(18-25)37-30(40)22-11-7-12-23(35)17-22/h4-14,17-18,29H,15-16,20H2,1-3H3,(H,37,40)(H,38,41). The first-order valence-corrected chi connectivity index (χ1v) is 16.3. The van der Waals surface area contributed by atoms with Gasteiger partial charge in [-0.25, -0.2) is 4.79 Å². The van der Waals surface area contributed by atoms with E-state index < -0.39 is 16.9 Å². The van der Waals surface area contributed by atoms with Crippen molar-refractivity contribution in [2.45, 2.75) is 49.5 Å². The number of hydrogen-bond donors (Lipinski definition) is 2. The molecule has 1 aliphatic rings. The van der Waals surface area contributed by atoms with Crippen molar-refractivity contribution in [3.8, 4) is 6.07 Å². The number of anilines is 2. The van der Waals surface area contributed by atoms with E-state index in [1.165, 1.54) is 23.1 Å². The molecule has 11 heteroatoms. The zero-order valence-electron chi connectivity index (χ0n) is 24.9. The minimum absolute atomic E-state index is 0.293. The van der Waals surface area contributed by atoms with E-state index in [2.05, 4.69) is 16.7 Å². The van der Waals surface area contributed by atoms with Gasteiger partial charge in [0.05, 0.1) is 12.1 Å². The summed E-state index contributed by atoms with van der Waals surface area (Å²) in [5, 5.41) is 16.2. The van der Waals surface area contributed by atoms with Gasteiger partial charge < -0.3 is 20.3 Å². The lowest BCUT2D eigenvalue weighted by Crippen LogP contribution is -2.39. The van der Waals surface area contributed by atoms with Crippen molar-refractivity contribution >= 4 is 63.3 Å². The molecule has 1 unspecified atom stereocenters. The molecular formula is C34H31ClN4O4S2. The molecular weight excluding hydrogens is 628 g/mol. The Labute approximate surface area is 275 Å². The zero-order valence-corrected chi connectivity index (χ0v) is 27.3. The number of fused-ring (bicyclic) bond motifs is 1. The van der Waals surface area contributed by atoms with Crippen molar-refractivity contribution in [1.82, 2.24) is 4.90 Å². The fraction of sp³-hybridized carbons (Fsp3) is 0.235. The summed E-state index contributed by atoms with van der Waals surface area (Å²) >= 11 is 8.70. The predicted molar refractivity (Wildman–Crippen MR) is 179 cm³/mol. The molecule has 45 heavy (non-hydrogen) atoms. The lowest BCUT2D eigenvalue weighted by Gasteiger charge is -2.29. The van der Waals surface area contributed by atoms with Gasteiger partial charge in [-0.15, -0.1) is 23.1 Å². The second-order valence-corrected chi connectivity index (χ2v) is 14.1. The lowest BCUT2D eigenvalue weighted by molar-refractivity contribution is -0.115. The van der Waals surface area contributed by atoms with Crippen LogP contribution < -0.4 is 10.6 Å². The molecule has 0 saturated heterocycles. The quantitative estimate of drug-likeness (QED) is 0.193. The minimum atomic E-state index is -0.658. The van der Waals surface area contributed by atoms with Gasteiger partial charge in [-0.1, -0.05) is 54.1 Å². The fourth-order valence-corrected chi connectivity index (χ4v) is 7.28. The first-order valence-electron chi connectivity index (χ1n) is 14.2. The maximum absolute atomic E-state index is 13.9. The lowest BCUT2D eigenvalue weighted by atomic mass is 10.0. The van der Waals surface area contributed by atoms with Crippen LogP contribution in [0.3, 0.4) is 0 Å². The number of benzene rings is 3. The van der Waals surface area contributed by atoms with Crippen molar-refractivity contribution in [3.05, 3.63) is 111 Å². The first-order chi connectivity index (χ1) is 21.5. The Bertz CT molecular complexity index is 1780. The molecule has 4 aromatic rings. The number of rotatable bonds is 7. The van der Waals surface area contributed by atoms with Gasteiger partial charge in [-0.3, -0.25) is 9.59 Å². The van der Waals surface area contributed by atoms with E-state index >= 15 is 0 Å². The second-order valence-electron chi connectivity index (χ2n) is 11.4. The number of hydrogen-bond acceptors (Lipinski definition) is 7. The molecule has 0 radical (unpaired) electrons. The van der Waals surface area contributed by atoms with Gasteiger partial charge in [-0.05, 0) is 74.7 Å². The number of carbonyl (C=O) groups is 3. The topological polar surface area (TPSA) is 112 Å². The summed E-state index contributed by atoms with van der Waals surface area (Å²) in [5.41, 5.74) is 2.45. The van der Waals surface area contributed by atoms with E-state index in [0.29, 0.717) is 46.3 Å². The first kappa shape index (κ1) is 32.1. The molecule has 3 amide bonds. The van der Waals surface area contributed by atoms with E-state index in [9.17, 15) is 19.6 Å². The smallest absolute Gasteiger partial charge is 0.410 e. The van der Waals surface area contributed by atoms with E-state index in [1.807, 2.05) is 69.3 Å². The monoisotopic (exact) mass is 658 g/mol. The molecule has 3 aromatic carbocycles. The highest BCUT2D eigenvalue weighted by atomic mass is 35.5. The van der Waals surface area contributed by atoms with Crippen LogP contribution in [-0.2, 0) is 22.5 Å². The third-order valence-electron chi connectivity index (χ3n) is 6.83. The molecule has 8 nitrogen and oxygen atoms in total. The van der Waals surface area contributed by atoms with Gasteiger partial charge in [0.25, 0.3) is 5.91 Å². The van der Waals surface area contributed by atoms with Gasteiger partial charge in [-0.2, -0.15) is 5.26 Å². The van der Waals surface area contributed by atoms with Crippen LogP contribution >= 0.6 is 34.7 Å². The van der Waals surface area contributed by atoms with E-state index in [4.69, 9.17) is 16.3 Å². The predicted octanol–water partition coefficient (Wildman–Crippen LogP) is 8.29.